The van der Waals surface area contributed by atoms with Crippen LogP contribution in [0.1, 0.15) is 5.56 Å². The van der Waals surface area contributed by atoms with E-state index in [2.05, 4.69) is 10.2 Å². The van der Waals surface area contributed by atoms with Gasteiger partial charge in [0, 0.05) is 0 Å². The van der Waals surface area contributed by atoms with Crippen LogP contribution in [-0.2, 0) is 6.54 Å². The van der Waals surface area contributed by atoms with E-state index in [9.17, 15) is 4.39 Å². The molecular formula is C13H10FN3. The average molecular weight is 227 g/mol. The molecule has 0 bridgehead atoms. The van der Waals surface area contributed by atoms with Crippen LogP contribution >= 0.6 is 0 Å². The van der Waals surface area contributed by atoms with Crippen LogP contribution < -0.4 is 0 Å². The van der Waals surface area contributed by atoms with Crippen molar-refractivity contribution < 1.29 is 4.39 Å². The number of fused-ring (bicyclic) bond motifs is 1. The molecule has 0 radical (unpaired) electrons. The van der Waals surface area contributed by atoms with Crippen LogP contribution in [0.3, 0.4) is 0 Å². The maximum Gasteiger partial charge on any atom is 0.123 e. The van der Waals surface area contributed by atoms with Gasteiger partial charge in [0.1, 0.15) is 16.9 Å². The van der Waals surface area contributed by atoms with Crippen molar-refractivity contribution in [2.45, 2.75) is 6.54 Å². The predicted molar refractivity (Wildman–Crippen MR) is 63.0 cm³/mol. The Morgan fingerprint density at radius 1 is 0.882 bits per heavy atom. The summed E-state index contributed by atoms with van der Waals surface area (Å²) in [6.45, 7) is 0.551. The van der Waals surface area contributed by atoms with Gasteiger partial charge in [0.05, 0.1) is 6.54 Å². The summed E-state index contributed by atoms with van der Waals surface area (Å²) in [6, 6.07) is 14.1. The lowest BCUT2D eigenvalue weighted by Gasteiger charge is -1.99. The molecule has 1 heterocycles. The zero-order chi connectivity index (χ0) is 11.7. The Morgan fingerprint density at radius 3 is 2.06 bits per heavy atom. The molecule has 1 aromatic heterocycles. The maximum absolute atomic E-state index is 12.8. The lowest BCUT2D eigenvalue weighted by molar-refractivity contribution is 0.595. The molecule has 0 unspecified atom stereocenters. The van der Waals surface area contributed by atoms with Gasteiger partial charge >= 0.3 is 0 Å². The van der Waals surface area contributed by atoms with E-state index in [1.165, 1.54) is 12.1 Å². The Morgan fingerprint density at radius 2 is 1.47 bits per heavy atom. The zero-order valence-electron chi connectivity index (χ0n) is 9.05. The van der Waals surface area contributed by atoms with Gasteiger partial charge in [0.2, 0.25) is 0 Å². The summed E-state index contributed by atoms with van der Waals surface area (Å²) >= 11 is 0. The molecule has 0 fully saturated rings. The smallest absolute Gasteiger partial charge is 0.123 e. The van der Waals surface area contributed by atoms with E-state index in [4.69, 9.17) is 0 Å². The van der Waals surface area contributed by atoms with Crippen LogP contribution in [0.25, 0.3) is 11.0 Å². The summed E-state index contributed by atoms with van der Waals surface area (Å²) < 4.78 is 12.8. The molecule has 0 aliphatic heterocycles. The van der Waals surface area contributed by atoms with Crippen LogP contribution in [0.2, 0.25) is 0 Å². The second-order valence-corrected chi connectivity index (χ2v) is 3.85. The molecule has 17 heavy (non-hydrogen) atoms. The van der Waals surface area contributed by atoms with Gasteiger partial charge < -0.3 is 0 Å². The second kappa shape index (κ2) is 3.97. The Hall–Kier alpha value is -2.23. The third-order valence-electron chi connectivity index (χ3n) is 2.57. The minimum Gasteiger partial charge on any atom is -0.207 e. The van der Waals surface area contributed by atoms with Crippen LogP contribution in [0, 0.1) is 5.82 Å². The summed E-state index contributed by atoms with van der Waals surface area (Å²) in [6.07, 6.45) is 0. The van der Waals surface area contributed by atoms with Crippen molar-refractivity contribution in [2.75, 3.05) is 0 Å². The highest BCUT2D eigenvalue weighted by Crippen LogP contribution is 2.09. The van der Waals surface area contributed by atoms with E-state index >= 15 is 0 Å². The minimum atomic E-state index is -0.229. The maximum atomic E-state index is 12.8. The second-order valence-electron chi connectivity index (χ2n) is 3.85. The topological polar surface area (TPSA) is 30.7 Å². The molecule has 0 saturated carbocycles. The van der Waals surface area contributed by atoms with Crippen LogP contribution in [0.5, 0.6) is 0 Å². The largest absolute Gasteiger partial charge is 0.207 e. The summed E-state index contributed by atoms with van der Waals surface area (Å²) in [7, 11) is 0. The zero-order valence-corrected chi connectivity index (χ0v) is 9.05. The highest BCUT2D eigenvalue weighted by Gasteiger charge is 2.02. The molecule has 0 amide bonds. The van der Waals surface area contributed by atoms with Crippen molar-refractivity contribution in [3.05, 3.63) is 59.9 Å². The van der Waals surface area contributed by atoms with E-state index in [-0.39, 0.29) is 5.82 Å². The van der Waals surface area contributed by atoms with Gasteiger partial charge in [-0.05, 0) is 29.8 Å². The molecule has 2 aromatic carbocycles. The van der Waals surface area contributed by atoms with E-state index < -0.39 is 0 Å². The number of nitrogens with zero attached hydrogens (tertiary/aromatic N) is 3. The number of benzene rings is 2. The van der Waals surface area contributed by atoms with Gasteiger partial charge in [-0.2, -0.15) is 15.0 Å². The van der Waals surface area contributed by atoms with Gasteiger partial charge in [-0.3, -0.25) is 0 Å². The van der Waals surface area contributed by atoms with Crippen LogP contribution in [0.15, 0.2) is 48.5 Å². The fourth-order valence-corrected chi connectivity index (χ4v) is 1.73. The van der Waals surface area contributed by atoms with E-state index in [1.807, 2.05) is 24.3 Å². The molecule has 0 atom stereocenters. The fraction of sp³-hybridized carbons (Fsp3) is 0.0769. The molecule has 0 N–H and O–H groups in total. The van der Waals surface area contributed by atoms with Gasteiger partial charge in [-0.15, -0.1) is 0 Å². The molecule has 3 aromatic rings. The molecule has 3 nitrogen and oxygen atoms in total. The normalized spacial score (nSPS) is 10.9. The van der Waals surface area contributed by atoms with E-state index in [0.717, 1.165) is 16.6 Å². The predicted octanol–water partition coefficient (Wildman–Crippen LogP) is 2.62. The van der Waals surface area contributed by atoms with Crippen LogP contribution in [-0.4, -0.2) is 15.0 Å². The van der Waals surface area contributed by atoms with E-state index in [1.54, 1.807) is 16.9 Å². The van der Waals surface area contributed by atoms with Crippen molar-refractivity contribution in [2.24, 2.45) is 0 Å². The number of halogens is 1. The van der Waals surface area contributed by atoms with Crippen molar-refractivity contribution in [3.8, 4) is 0 Å². The lowest BCUT2D eigenvalue weighted by Crippen LogP contribution is -2.03. The summed E-state index contributed by atoms with van der Waals surface area (Å²) in [5.41, 5.74) is 2.72. The molecule has 0 aliphatic carbocycles. The number of hydrogen-bond donors (Lipinski definition) is 0. The Labute approximate surface area is 97.5 Å². The first-order valence-corrected chi connectivity index (χ1v) is 5.35. The highest BCUT2D eigenvalue weighted by molar-refractivity contribution is 5.72. The SMILES string of the molecule is Fc1ccc(Cn2nc3ccccc3n2)cc1. The third kappa shape index (κ3) is 2.01. The fourth-order valence-electron chi connectivity index (χ4n) is 1.73. The van der Waals surface area contributed by atoms with Crippen molar-refractivity contribution >= 4 is 11.0 Å². The lowest BCUT2D eigenvalue weighted by atomic mass is 10.2. The summed E-state index contributed by atoms with van der Waals surface area (Å²) in [5, 5.41) is 8.68. The third-order valence-corrected chi connectivity index (χ3v) is 2.57. The Balaban J connectivity index is 1.92. The molecule has 0 spiro atoms. The summed E-state index contributed by atoms with van der Waals surface area (Å²) in [4.78, 5) is 1.62. The van der Waals surface area contributed by atoms with Gasteiger partial charge in [-0.25, -0.2) is 4.39 Å². The number of aromatic nitrogens is 3. The molecule has 0 saturated heterocycles. The molecule has 3 rings (SSSR count). The van der Waals surface area contributed by atoms with Gasteiger partial charge in [0.15, 0.2) is 0 Å². The molecular weight excluding hydrogens is 217 g/mol. The quantitative estimate of drug-likeness (QED) is 0.673. The monoisotopic (exact) mass is 227 g/mol. The van der Waals surface area contributed by atoms with Crippen molar-refractivity contribution in [1.82, 2.24) is 15.0 Å². The van der Waals surface area contributed by atoms with Crippen molar-refractivity contribution in [1.29, 1.82) is 0 Å². The first-order valence-electron chi connectivity index (χ1n) is 5.35. The standard InChI is InChI=1S/C13H10FN3/c14-11-7-5-10(6-8-11)9-17-15-12-3-1-2-4-13(12)16-17/h1-8H,9H2. The number of hydrogen-bond acceptors (Lipinski definition) is 2. The Kier molecular flexibility index (Phi) is 2.33. The number of rotatable bonds is 2. The van der Waals surface area contributed by atoms with Crippen molar-refractivity contribution in [3.63, 3.8) is 0 Å². The minimum absolute atomic E-state index is 0.229. The molecule has 84 valence electrons. The highest BCUT2D eigenvalue weighted by atomic mass is 19.1. The first kappa shape index (κ1) is 9.96. The van der Waals surface area contributed by atoms with E-state index in [0.29, 0.717) is 6.54 Å². The molecule has 0 aliphatic rings. The van der Waals surface area contributed by atoms with Crippen LogP contribution in [0.4, 0.5) is 4.39 Å². The summed E-state index contributed by atoms with van der Waals surface area (Å²) in [5.74, 6) is -0.229. The van der Waals surface area contributed by atoms with Gasteiger partial charge in [0.25, 0.3) is 0 Å². The average Bonchev–Trinajstić information content (AvgIpc) is 2.74. The molecule has 4 heteroatoms. The first-order chi connectivity index (χ1) is 8.31. The Bertz CT molecular complexity index is 610. The van der Waals surface area contributed by atoms with Gasteiger partial charge in [-0.1, -0.05) is 24.3 Å².